The van der Waals surface area contributed by atoms with Gasteiger partial charge in [-0.2, -0.15) is 0 Å². The minimum absolute atomic E-state index is 0.0692. The minimum Gasteiger partial charge on any atom is -0.503 e. The number of hydrogen-bond donors (Lipinski definition) is 1. The second-order valence-electron chi connectivity index (χ2n) is 8.97. The normalized spacial score (nSPS) is 16.7. The van der Waals surface area contributed by atoms with Crippen molar-refractivity contribution in [2.24, 2.45) is 5.41 Å². The SMILES string of the molecule is COc1cc(C2C(C(=O)C(C)(C)C)=C(O)C(=O)N2CCCOC(C)C)cc(OC)c1OC. The highest BCUT2D eigenvalue weighted by molar-refractivity contribution is 6.10. The summed E-state index contributed by atoms with van der Waals surface area (Å²) in [6.07, 6.45) is 0.620. The van der Waals surface area contributed by atoms with Crippen LogP contribution in [-0.4, -0.2) is 62.3 Å². The molecule has 0 aromatic heterocycles. The van der Waals surface area contributed by atoms with Gasteiger partial charge in [0, 0.05) is 18.6 Å². The molecule has 1 N–H and O–H groups in total. The summed E-state index contributed by atoms with van der Waals surface area (Å²) in [7, 11) is 4.49. The number of aliphatic hydroxyl groups is 1. The van der Waals surface area contributed by atoms with Crippen molar-refractivity contribution in [2.45, 2.75) is 53.2 Å². The summed E-state index contributed by atoms with van der Waals surface area (Å²) in [6, 6.07) is 2.61. The Kier molecular flexibility index (Phi) is 8.18. The van der Waals surface area contributed by atoms with Crippen molar-refractivity contribution in [1.82, 2.24) is 4.90 Å². The Hall–Kier alpha value is -2.74. The van der Waals surface area contributed by atoms with Crippen molar-refractivity contribution < 1.29 is 33.6 Å². The fourth-order valence-corrected chi connectivity index (χ4v) is 3.68. The van der Waals surface area contributed by atoms with Gasteiger partial charge in [0.25, 0.3) is 5.91 Å². The number of aliphatic hydroxyl groups excluding tert-OH is 1. The van der Waals surface area contributed by atoms with E-state index in [2.05, 4.69) is 0 Å². The van der Waals surface area contributed by atoms with Crippen molar-refractivity contribution in [3.8, 4) is 17.2 Å². The maximum Gasteiger partial charge on any atom is 0.290 e. The first-order valence-electron chi connectivity index (χ1n) is 10.7. The zero-order valence-corrected chi connectivity index (χ0v) is 20.3. The smallest absolute Gasteiger partial charge is 0.290 e. The Morgan fingerprint density at radius 1 is 1.09 bits per heavy atom. The van der Waals surface area contributed by atoms with Gasteiger partial charge in [0.1, 0.15) is 0 Å². The maximum atomic E-state index is 13.3. The molecule has 0 fully saturated rings. The molecule has 1 amide bonds. The first-order valence-corrected chi connectivity index (χ1v) is 10.7. The molecule has 1 heterocycles. The number of methoxy groups -OCH3 is 3. The van der Waals surface area contributed by atoms with Gasteiger partial charge in [0.05, 0.1) is 39.0 Å². The summed E-state index contributed by atoms with van der Waals surface area (Å²) < 4.78 is 21.9. The number of nitrogens with zero attached hydrogens (tertiary/aromatic N) is 1. The van der Waals surface area contributed by atoms with Gasteiger partial charge in [-0.25, -0.2) is 0 Å². The topological polar surface area (TPSA) is 94.5 Å². The van der Waals surface area contributed by atoms with E-state index in [9.17, 15) is 14.7 Å². The lowest BCUT2D eigenvalue weighted by Crippen LogP contribution is -2.34. The van der Waals surface area contributed by atoms with Gasteiger partial charge in [-0.1, -0.05) is 20.8 Å². The molecule has 0 aliphatic carbocycles. The molecule has 178 valence electrons. The summed E-state index contributed by atoms with van der Waals surface area (Å²) >= 11 is 0. The molecule has 1 aromatic rings. The van der Waals surface area contributed by atoms with Crippen LogP contribution < -0.4 is 14.2 Å². The number of carbonyl (C=O) groups is 2. The van der Waals surface area contributed by atoms with Gasteiger partial charge in [0.2, 0.25) is 5.75 Å². The number of rotatable bonds is 10. The van der Waals surface area contributed by atoms with Gasteiger partial charge < -0.3 is 29.0 Å². The van der Waals surface area contributed by atoms with E-state index < -0.39 is 23.1 Å². The van der Waals surface area contributed by atoms with Gasteiger partial charge in [-0.15, -0.1) is 0 Å². The number of hydrogen-bond acceptors (Lipinski definition) is 7. The van der Waals surface area contributed by atoms with Gasteiger partial charge in [-0.3, -0.25) is 9.59 Å². The van der Waals surface area contributed by atoms with Crippen molar-refractivity contribution in [1.29, 1.82) is 0 Å². The second-order valence-corrected chi connectivity index (χ2v) is 8.97. The number of carbonyl (C=O) groups excluding carboxylic acids is 2. The number of ether oxygens (including phenoxy) is 4. The van der Waals surface area contributed by atoms with Crippen LogP contribution in [0.5, 0.6) is 17.2 Å². The van der Waals surface area contributed by atoms with E-state index in [0.29, 0.717) is 42.4 Å². The fraction of sp³-hybridized carbons (Fsp3) is 0.583. The van der Waals surface area contributed by atoms with Crippen molar-refractivity contribution in [2.75, 3.05) is 34.5 Å². The molecule has 0 saturated carbocycles. The lowest BCUT2D eigenvalue weighted by Gasteiger charge is -2.29. The number of benzene rings is 1. The number of Topliss-reactive ketones (excluding diaryl/α,β-unsaturated/α-hetero) is 1. The largest absolute Gasteiger partial charge is 0.503 e. The highest BCUT2D eigenvalue weighted by atomic mass is 16.5. The Morgan fingerprint density at radius 2 is 1.66 bits per heavy atom. The van der Waals surface area contributed by atoms with Crippen LogP contribution in [0.2, 0.25) is 0 Å². The van der Waals surface area contributed by atoms with Gasteiger partial charge in [-0.05, 0) is 38.0 Å². The lowest BCUT2D eigenvalue weighted by atomic mass is 9.82. The van der Waals surface area contributed by atoms with Crippen LogP contribution in [0.3, 0.4) is 0 Å². The summed E-state index contributed by atoms with van der Waals surface area (Å²) in [6.45, 7) is 9.90. The zero-order chi connectivity index (χ0) is 24.2. The predicted molar refractivity (Wildman–Crippen MR) is 120 cm³/mol. The van der Waals surface area contributed by atoms with E-state index in [1.807, 2.05) is 13.8 Å². The van der Waals surface area contributed by atoms with Crippen molar-refractivity contribution in [3.05, 3.63) is 29.0 Å². The van der Waals surface area contributed by atoms with Crippen LogP contribution in [0.4, 0.5) is 0 Å². The molecule has 1 aromatic carbocycles. The third-order valence-electron chi connectivity index (χ3n) is 5.23. The first-order chi connectivity index (χ1) is 15.0. The quantitative estimate of drug-likeness (QED) is 0.542. The number of amides is 1. The molecule has 8 heteroatoms. The molecule has 0 saturated heterocycles. The molecule has 0 radical (unpaired) electrons. The average Bonchev–Trinajstić information content (AvgIpc) is 2.98. The van der Waals surface area contributed by atoms with Crippen molar-refractivity contribution in [3.63, 3.8) is 0 Å². The molecule has 8 nitrogen and oxygen atoms in total. The van der Waals surface area contributed by atoms with E-state index in [1.165, 1.54) is 26.2 Å². The van der Waals surface area contributed by atoms with E-state index in [-0.39, 0.29) is 17.5 Å². The Morgan fingerprint density at radius 3 is 2.09 bits per heavy atom. The Bertz CT molecular complexity index is 858. The van der Waals surface area contributed by atoms with Crippen molar-refractivity contribution >= 4 is 11.7 Å². The Labute approximate surface area is 190 Å². The zero-order valence-electron chi connectivity index (χ0n) is 20.3. The average molecular weight is 450 g/mol. The van der Waals surface area contributed by atoms with E-state index in [1.54, 1.807) is 32.9 Å². The standard InChI is InChI=1S/C24H35NO7/c1-14(2)32-11-9-10-25-19(18(20(26)23(25)28)22(27)24(3,4)5)15-12-16(29-6)21(31-8)17(13-15)30-7/h12-14,19,26H,9-11H2,1-8H3. The van der Waals surface area contributed by atoms with Gasteiger partial charge in [0.15, 0.2) is 23.0 Å². The number of ketones is 1. The molecule has 2 rings (SSSR count). The summed E-state index contributed by atoms with van der Waals surface area (Å²) in [5.41, 5.74) is -0.143. The summed E-state index contributed by atoms with van der Waals surface area (Å²) in [5.74, 6) is -0.216. The van der Waals surface area contributed by atoms with Crippen LogP contribution in [0, 0.1) is 5.41 Å². The van der Waals surface area contributed by atoms with E-state index in [0.717, 1.165) is 0 Å². The molecular weight excluding hydrogens is 414 g/mol. The molecule has 1 aliphatic rings. The maximum absolute atomic E-state index is 13.3. The molecule has 1 atom stereocenters. The monoisotopic (exact) mass is 449 g/mol. The van der Waals surface area contributed by atoms with Crippen LogP contribution in [0.25, 0.3) is 0 Å². The van der Waals surface area contributed by atoms with E-state index >= 15 is 0 Å². The first kappa shape index (κ1) is 25.5. The third kappa shape index (κ3) is 5.18. The molecule has 1 aliphatic heterocycles. The minimum atomic E-state index is -0.792. The van der Waals surface area contributed by atoms with Crippen LogP contribution >= 0.6 is 0 Å². The van der Waals surface area contributed by atoms with Crippen LogP contribution in [0.15, 0.2) is 23.5 Å². The molecule has 0 spiro atoms. The van der Waals surface area contributed by atoms with Crippen LogP contribution in [0.1, 0.15) is 52.6 Å². The molecule has 0 bridgehead atoms. The predicted octanol–water partition coefficient (Wildman–Crippen LogP) is 3.84. The molecule has 1 unspecified atom stereocenters. The summed E-state index contributed by atoms with van der Waals surface area (Å²) in [5, 5.41) is 10.7. The highest BCUT2D eigenvalue weighted by Crippen LogP contribution is 2.46. The lowest BCUT2D eigenvalue weighted by molar-refractivity contribution is -0.129. The summed E-state index contributed by atoms with van der Waals surface area (Å²) in [4.78, 5) is 27.8. The van der Waals surface area contributed by atoms with Crippen LogP contribution in [-0.2, 0) is 14.3 Å². The molecule has 32 heavy (non-hydrogen) atoms. The Balaban J connectivity index is 2.59. The fourth-order valence-electron chi connectivity index (χ4n) is 3.68. The highest BCUT2D eigenvalue weighted by Gasteiger charge is 2.46. The molecular formula is C24H35NO7. The van der Waals surface area contributed by atoms with E-state index in [4.69, 9.17) is 18.9 Å². The third-order valence-corrected chi connectivity index (χ3v) is 5.23. The second kappa shape index (κ2) is 10.3. The van der Waals surface area contributed by atoms with Gasteiger partial charge >= 0.3 is 0 Å².